The molecule has 0 atom stereocenters. The average molecular weight is 616 g/mol. The fraction of sp³-hybridized carbons (Fsp3) is 0.184. The van der Waals surface area contributed by atoms with E-state index in [1.807, 2.05) is 62.4 Å². The van der Waals surface area contributed by atoms with Crippen molar-refractivity contribution in [1.29, 1.82) is 0 Å². The van der Waals surface area contributed by atoms with Gasteiger partial charge in [0.15, 0.2) is 5.82 Å². The summed E-state index contributed by atoms with van der Waals surface area (Å²) in [6.45, 7) is 9.13. The van der Waals surface area contributed by atoms with Crippen molar-refractivity contribution in [3.8, 4) is 22.9 Å². The van der Waals surface area contributed by atoms with Crippen molar-refractivity contribution in [2.24, 2.45) is 5.10 Å². The highest BCUT2D eigenvalue weighted by Crippen LogP contribution is 2.34. The van der Waals surface area contributed by atoms with Gasteiger partial charge < -0.3 is 9.47 Å². The molecule has 0 saturated carbocycles. The highest BCUT2D eigenvalue weighted by Gasteiger charge is 2.19. The fourth-order valence-corrected chi connectivity index (χ4v) is 5.70. The van der Waals surface area contributed by atoms with E-state index < -0.39 is 0 Å². The number of halogens is 1. The van der Waals surface area contributed by atoms with Gasteiger partial charge in [-0.2, -0.15) is 9.78 Å². The number of fused-ring (bicyclic) bond motifs is 2. The summed E-state index contributed by atoms with van der Waals surface area (Å²) >= 11 is 6.43. The normalized spacial score (nSPS) is 11.6. The van der Waals surface area contributed by atoms with Gasteiger partial charge in [-0.15, -0.1) is 0 Å². The number of ether oxygens (including phenoxy) is 2. The number of aryl methyl sites for hydroxylation is 1. The molecule has 0 unspecified atom stereocenters. The van der Waals surface area contributed by atoms with Crippen LogP contribution in [0.5, 0.6) is 11.5 Å². The highest BCUT2D eigenvalue weighted by molar-refractivity contribution is 6.30. The van der Waals surface area contributed by atoms with Gasteiger partial charge in [0, 0.05) is 16.1 Å². The number of para-hydroxylation sites is 1. The number of aromatic nitrogens is 2. The van der Waals surface area contributed by atoms with Crippen molar-refractivity contribution in [2.75, 3.05) is 6.61 Å². The quantitative estimate of drug-likeness (QED) is 0.152. The van der Waals surface area contributed by atoms with Crippen LogP contribution in [-0.2, 0) is 6.61 Å². The van der Waals surface area contributed by atoms with Gasteiger partial charge in [0.05, 0.1) is 23.7 Å². The molecule has 0 spiro atoms. The molecule has 0 N–H and O–H groups in total. The van der Waals surface area contributed by atoms with Crippen LogP contribution in [0.3, 0.4) is 0 Å². The number of benzene rings is 5. The Morgan fingerprint density at radius 3 is 2.44 bits per heavy atom. The average Bonchev–Trinajstić information content (AvgIpc) is 3.04. The molecule has 45 heavy (non-hydrogen) atoms. The second-order valence-electron chi connectivity index (χ2n) is 11.2. The molecule has 0 fully saturated rings. The summed E-state index contributed by atoms with van der Waals surface area (Å²) in [4.78, 5) is 18.9. The largest absolute Gasteiger partial charge is 0.494 e. The lowest BCUT2D eigenvalue weighted by atomic mass is 9.96. The molecular formula is C38H34ClN3O3. The third kappa shape index (κ3) is 6.19. The zero-order valence-corrected chi connectivity index (χ0v) is 26.5. The van der Waals surface area contributed by atoms with E-state index in [0.29, 0.717) is 46.3 Å². The molecule has 6 aromatic rings. The van der Waals surface area contributed by atoms with E-state index in [1.165, 1.54) is 4.68 Å². The van der Waals surface area contributed by atoms with Gasteiger partial charge in [0.2, 0.25) is 0 Å². The van der Waals surface area contributed by atoms with Crippen LogP contribution < -0.4 is 15.0 Å². The van der Waals surface area contributed by atoms with Gasteiger partial charge in [0.1, 0.15) is 18.1 Å². The van der Waals surface area contributed by atoms with Gasteiger partial charge in [-0.3, -0.25) is 4.79 Å². The summed E-state index contributed by atoms with van der Waals surface area (Å²) < 4.78 is 13.6. The fourth-order valence-electron chi connectivity index (χ4n) is 5.52. The zero-order chi connectivity index (χ0) is 31.5. The third-order valence-electron chi connectivity index (χ3n) is 7.82. The molecule has 0 aliphatic rings. The van der Waals surface area contributed by atoms with Crippen molar-refractivity contribution < 1.29 is 9.47 Å². The lowest BCUT2D eigenvalue weighted by molar-refractivity contribution is 0.307. The van der Waals surface area contributed by atoms with E-state index >= 15 is 0 Å². The molecule has 0 amide bonds. The molecule has 5 aromatic carbocycles. The number of hydrogen-bond acceptors (Lipinski definition) is 5. The number of hydrogen-bond donors (Lipinski definition) is 0. The van der Waals surface area contributed by atoms with Gasteiger partial charge in [-0.05, 0) is 89.7 Å². The Labute approximate surface area is 267 Å². The first-order chi connectivity index (χ1) is 21.8. The second kappa shape index (κ2) is 13.0. The van der Waals surface area contributed by atoms with Crippen LogP contribution in [0.15, 0.2) is 107 Å². The Morgan fingerprint density at radius 2 is 1.64 bits per heavy atom. The Balaban J connectivity index is 1.45. The lowest BCUT2D eigenvalue weighted by Gasteiger charge is -2.18. The Kier molecular flexibility index (Phi) is 8.67. The smallest absolute Gasteiger partial charge is 0.282 e. The van der Waals surface area contributed by atoms with Crippen LogP contribution in [0.4, 0.5) is 0 Å². The Hall–Kier alpha value is -4.94. The molecule has 6 nitrogen and oxygen atoms in total. The highest BCUT2D eigenvalue weighted by atomic mass is 35.5. The van der Waals surface area contributed by atoms with E-state index in [-0.39, 0.29) is 11.5 Å². The molecule has 0 aliphatic carbocycles. The van der Waals surface area contributed by atoms with Gasteiger partial charge in [0.25, 0.3) is 5.56 Å². The molecule has 1 heterocycles. The van der Waals surface area contributed by atoms with E-state index in [2.05, 4.69) is 44.2 Å². The molecule has 1 aromatic heterocycles. The van der Waals surface area contributed by atoms with Crippen molar-refractivity contribution in [3.63, 3.8) is 0 Å². The topological polar surface area (TPSA) is 65.7 Å². The van der Waals surface area contributed by atoms with E-state index in [9.17, 15) is 4.79 Å². The Morgan fingerprint density at radius 1 is 0.889 bits per heavy atom. The summed E-state index contributed by atoms with van der Waals surface area (Å²) in [7, 11) is 0. The molecular weight excluding hydrogens is 582 g/mol. The van der Waals surface area contributed by atoms with Crippen molar-refractivity contribution >= 4 is 39.5 Å². The van der Waals surface area contributed by atoms with Gasteiger partial charge in [-0.25, -0.2) is 4.98 Å². The predicted octanol–water partition coefficient (Wildman–Crippen LogP) is 9.16. The van der Waals surface area contributed by atoms with Crippen molar-refractivity contribution in [2.45, 2.75) is 40.2 Å². The maximum Gasteiger partial charge on any atom is 0.282 e. The first kappa shape index (κ1) is 30.1. The van der Waals surface area contributed by atoms with Crippen LogP contribution in [0.25, 0.3) is 33.1 Å². The minimum Gasteiger partial charge on any atom is -0.494 e. The third-order valence-corrected chi connectivity index (χ3v) is 8.06. The first-order valence-corrected chi connectivity index (χ1v) is 15.4. The molecule has 0 bridgehead atoms. The monoisotopic (exact) mass is 615 g/mol. The van der Waals surface area contributed by atoms with Crippen LogP contribution in [-0.4, -0.2) is 22.5 Å². The Bertz CT molecular complexity index is 2110. The first-order valence-electron chi connectivity index (χ1n) is 15.1. The molecule has 0 saturated heterocycles. The second-order valence-corrected chi connectivity index (χ2v) is 11.7. The minimum absolute atomic E-state index is 0.197. The van der Waals surface area contributed by atoms with Crippen molar-refractivity contribution in [1.82, 2.24) is 9.66 Å². The predicted molar refractivity (Wildman–Crippen MR) is 184 cm³/mol. The zero-order valence-electron chi connectivity index (χ0n) is 25.8. The van der Waals surface area contributed by atoms with E-state index in [0.717, 1.165) is 38.8 Å². The summed E-state index contributed by atoms with van der Waals surface area (Å²) in [5, 5.41) is 8.02. The molecule has 226 valence electrons. The van der Waals surface area contributed by atoms with Crippen molar-refractivity contribution in [3.05, 3.63) is 135 Å². The SMILES string of the molecule is CCOc1cc(C)c(-c2nc3ccccc3c(=O)n2N=Cc2cc(Cl)ccc2OCc2cccc3ccccc23)cc1C(C)C. The van der Waals surface area contributed by atoms with Gasteiger partial charge >= 0.3 is 0 Å². The standard InChI is InChI=1S/C38H34ClN3O3/c1-5-44-36-19-25(4)33(21-32(36)24(2)3)37-41-34-16-9-8-15-31(34)38(43)42(37)40-22-28-20-29(39)17-18-35(28)45-23-27-13-10-12-26-11-6-7-14-30(26)27/h6-22,24H,5,23H2,1-4H3. The molecule has 0 radical (unpaired) electrons. The van der Waals surface area contributed by atoms with E-state index in [1.54, 1.807) is 24.4 Å². The summed E-state index contributed by atoms with van der Waals surface area (Å²) in [5.41, 5.74) is 4.80. The van der Waals surface area contributed by atoms with Crippen LogP contribution in [0.2, 0.25) is 5.02 Å². The summed E-state index contributed by atoms with van der Waals surface area (Å²) in [6.07, 6.45) is 1.61. The maximum atomic E-state index is 14.0. The maximum absolute atomic E-state index is 14.0. The minimum atomic E-state index is -0.272. The molecule has 0 aliphatic heterocycles. The van der Waals surface area contributed by atoms with E-state index in [4.69, 9.17) is 31.2 Å². The summed E-state index contributed by atoms with van der Waals surface area (Å²) in [5.74, 6) is 2.07. The summed E-state index contributed by atoms with van der Waals surface area (Å²) in [6, 6.07) is 31.2. The molecule has 6 rings (SSSR count). The van der Waals surface area contributed by atoms with Crippen LogP contribution in [0, 0.1) is 6.92 Å². The lowest BCUT2D eigenvalue weighted by Crippen LogP contribution is -2.21. The number of nitrogens with zero attached hydrogens (tertiary/aromatic N) is 3. The number of rotatable bonds is 9. The van der Waals surface area contributed by atoms with Gasteiger partial charge in [-0.1, -0.05) is 80.0 Å². The van der Waals surface area contributed by atoms with Crippen LogP contribution >= 0.6 is 11.6 Å². The molecule has 7 heteroatoms. The van der Waals surface area contributed by atoms with Crippen LogP contribution in [0.1, 0.15) is 48.9 Å².